The van der Waals surface area contributed by atoms with Gasteiger partial charge in [-0.3, -0.25) is 0 Å². The molecule has 1 atom stereocenters. The van der Waals surface area contributed by atoms with E-state index in [0.29, 0.717) is 11.8 Å². The second-order valence-electron chi connectivity index (χ2n) is 3.28. The standard InChI is InChI=1S/C11H17NOS/c1-5-8(2)9-7-12-11(13-3)6-10(9)14-4/h6-8H,5H2,1-4H3. The first-order valence-corrected chi connectivity index (χ1v) is 6.03. The molecule has 3 heteroatoms. The lowest BCUT2D eigenvalue weighted by Gasteiger charge is -2.13. The Kier molecular flexibility index (Phi) is 4.26. The van der Waals surface area contributed by atoms with Crippen LogP contribution in [0.5, 0.6) is 5.88 Å². The highest BCUT2D eigenvalue weighted by atomic mass is 32.2. The molecule has 0 aliphatic heterocycles. The van der Waals surface area contributed by atoms with E-state index in [2.05, 4.69) is 25.1 Å². The van der Waals surface area contributed by atoms with Crippen molar-refractivity contribution in [2.45, 2.75) is 31.1 Å². The molecule has 1 unspecified atom stereocenters. The minimum Gasteiger partial charge on any atom is -0.481 e. The number of pyridine rings is 1. The maximum Gasteiger partial charge on any atom is 0.214 e. The van der Waals surface area contributed by atoms with Gasteiger partial charge in [0.05, 0.1) is 7.11 Å². The molecule has 0 saturated carbocycles. The Morgan fingerprint density at radius 2 is 2.29 bits per heavy atom. The molecular formula is C11H17NOS. The molecule has 1 heterocycles. The molecule has 0 radical (unpaired) electrons. The zero-order valence-electron chi connectivity index (χ0n) is 9.20. The first kappa shape index (κ1) is 11.4. The van der Waals surface area contributed by atoms with Crippen LogP contribution in [0.15, 0.2) is 17.2 Å². The number of hydrogen-bond donors (Lipinski definition) is 0. The van der Waals surface area contributed by atoms with Crippen molar-refractivity contribution in [3.8, 4) is 5.88 Å². The summed E-state index contributed by atoms with van der Waals surface area (Å²) >= 11 is 1.75. The topological polar surface area (TPSA) is 22.1 Å². The fraction of sp³-hybridized carbons (Fsp3) is 0.545. The summed E-state index contributed by atoms with van der Waals surface area (Å²) in [6.07, 6.45) is 5.15. The van der Waals surface area contributed by atoms with Crippen molar-refractivity contribution in [2.75, 3.05) is 13.4 Å². The van der Waals surface area contributed by atoms with Gasteiger partial charge in [-0.2, -0.15) is 0 Å². The van der Waals surface area contributed by atoms with Gasteiger partial charge in [-0.25, -0.2) is 4.98 Å². The summed E-state index contributed by atoms with van der Waals surface area (Å²) in [6, 6.07) is 2.01. The number of aromatic nitrogens is 1. The molecule has 1 aromatic rings. The maximum absolute atomic E-state index is 5.10. The van der Waals surface area contributed by atoms with Crippen LogP contribution in [0.4, 0.5) is 0 Å². The van der Waals surface area contributed by atoms with Crippen LogP contribution in [0, 0.1) is 0 Å². The number of rotatable bonds is 4. The molecule has 0 aliphatic carbocycles. The second-order valence-corrected chi connectivity index (χ2v) is 4.13. The maximum atomic E-state index is 5.10. The molecule has 0 aliphatic rings. The van der Waals surface area contributed by atoms with Crippen molar-refractivity contribution in [1.29, 1.82) is 0 Å². The molecule has 78 valence electrons. The van der Waals surface area contributed by atoms with Crippen molar-refractivity contribution in [3.63, 3.8) is 0 Å². The van der Waals surface area contributed by atoms with Crippen LogP contribution in [0.25, 0.3) is 0 Å². The minimum absolute atomic E-state index is 0.566. The summed E-state index contributed by atoms with van der Waals surface area (Å²) in [5.41, 5.74) is 1.32. The fourth-order valence-electron chi connectivity index (χ4n) is 1.31. The average molecular weight is 211 g/mol. The lowest BCUT2D eigenvalue weighted by Crippen LogP contribution is -1.97. The highest BCUT2D eigenvalue weighted by Gasteiger charge is 2.10. The smallest absolute Gasteiger partial charge is 0.214 e. The Morgan fingerprint density at radius 3 is 2.79 bits per heavy atom. The highest BCUT2D eigenvalue weighted by Crippen LogP contribution is 2.30. The van der Waals surface area contributed by atoms with E-state index in [0.717, 1.165) is 6.42 Å². The van der Waals surface area contributed by atoms with Gasteiger partial charge in [0, 0.05) is 17.2 Å². The van der Waals surface area contributed by atoms with E-state index >= 15 is 0 Å². The van der Waals surface area contributed by atoms with Gasteiger partial charge >= 0.3 is 0 Å². The summed E-state index contributed by atoms with van der Waals surface area (Å²) in [5.74, 6) is 1.26. The van der Waals surface area contributed by atoms with E-state index < -0.39 is 0 Å². The van der Waals surface area contributed by atoms with Crippen molar-refractivity contribution in [1.82, 2.24) is 4.98 Å². The van der Waals surface area contributed by atoms with Gasteiger partial charge in [0.25, 0.3) is 0 Å². The number of nitrogens with zero attached hydrogens (tertiary/aromatic N) is 1. The third kappa shape index (κ3) is 2.41. The molecule has 0 amide bonds. The van der Waals surface area contributed by atoms with Gasteiger partial charge in [-0.1, -0.05) is 13.8 Å². The van der Waals surface area contributed by atoms with Gasteiger partial charge in [0.2, 0.25) is 5.88 Å². The molecule has 2 nitrogen and oxygen atoms in total. The van der Waals surface area contributed by atoms with Gasteiger partial charge < -0.3 is 4.74 Å². The monoisotopic (exact) mass is 211 g/mol. The average Bonchev–Trinajstić information content (AvgIpc) is 2.27. The summed E-state index contributed by atoms with van der Waals surface area (Å²) in [5, 5.41) is 0. The minimum atomic E-state index is 0.566. The summed E-state index contributed by atoms with van der Waals surface area (Å²) < 4.78 is 5.10. The number of ether oxygens (including phenoxy) is 1. The van der Waals surface area contributed by atoms with Crippen LogP contribution in [0.3, 0.4) is 0 Å². The second kappa shape index (κ2) is 5.25. The normalized spacial score (nSPS) is 12.6. The number of methoxy groups -OCH3 is 1. The van der Waals surface area contributed by atoms with Crippen molar-refractivity contribution < 1.29 is 4.74 Å². The molecular weight excluding hydrogens is 194 g/mol. The molecule has 1 rings (SSSR count). The fourth-order valence-corrected chi connectivity index (χ4v) is 2.02. The predicted molar refractivity (Wildman–Crippen MR) is 61.3 cm³/mol. The Bertz CT molecular complexity index is 301. The quantitative estimate of drug-likeness (QED) is 0.713. The van der Waals surface area contributed by atoms with Crippen LogP contribution >= 0.6 is 11.8 Å². The first-order valence-electron chi connectivity index (χ1n) is 4.80. The Balaban J connectivity index is 3.04. The molecule has 0 aromatic carbocycles. The lowest BCUT2D eigenvalue weighted by atomic mass is 10.0. The van der Waals surface area contributed by atoms with Crippen molar-refractivity contribution >= 4 is 11.8 Å². The highest BCUT2D eigenvalue weighted by molar-refractivity contribution is 7.98. The Morgan fingerprint density at radius 1 is 1.57 bits per heavy atom. The molecule has 0 spiro atoms. The Labute approximate surface area is 90.1 Å². The predicted octanol–water partition coefficient (Wildman–Crippen LogP) is 3.33. The van der Waals surface area contributed by atoms with Crippen LogP contribution in [0.1, 0.15) is 31.7 Å². The Hall–Kier alpha value is -0.700. The van der Waals surface area contributed by atoms with Crippen molar-refractivity contribution in [3.05, 3.63) is 17.8 Å². The van der Waals surface area contributed by atoms with Gasteiger partial charge in [-0.05, 0) is 24.2 Å². The third-order valence-corrected chi connectivity index (χ3v) is 3.24. The van der Waals surface area contributed by atoms with Gasteiger partial charge in [0.1, 0.15) is 0 Å². The summed E-state index contributed by atoms with van der Waals surface area (Å²) in [4.78, 5) is 5.51. The first-order chi connectivity index (χ1) is 6.72. The molecule has 0 saturated heterocycles. The zero-order valence-corrected chi connectivity index (χ0v) is 10.0. The van der Waals surface area contributed by atoms with Gasteiger partial charge in [0.15, 0.2) is 0 Å². The van der Waals surface area contributed by atoms with E-state index in [9.17, 15) is 0 Å². The van der Waals surface area contributed by atoms with E-state index in [-0.39, 0.29) is 0 Å². The molecule has 14 heavy (non-hydrogen) atoms. The van der Waals surface area contributed by atoms with Crippen LogP contribution in [-0.2, 0) is 0 Å². The number of hydrogen-bond acceptors (Lipinski definition) is 3. The molecule has 1 aromatic heterocycles. The lowest BCUT2D eigenvalue weighted by molar-refractivity contribution is 0.396. The molecule has 0 N–H and O–H groups in total. The van der Waals surface area contributed by atoms with Crippen LogP contribution < -0.4 is 4.74 Å². The summed E-state index contributed by atoms with van der Waals surface area (Å²) in [7, 11) is 1.65. The number of thioether (sulfide) groups is 1. The van der Waals surface area contributed by atoms with E-state index in [4.69, 9.17) is 4.74 Å². The molecule has 0 bridgehead atoms. The SMILES string of the molecule is CCC(C)c1cnc(OC)cc1SC. The van der Waals surface area contributed by atoms with E-state index in [1.165, 1.54) is 10.5 Å². The third-order valence-electron chi connectivity index (χ3n) is 2.44. The van der Waals surface area contributed by atoms with Crippen LogP contribution in [-0.4, -0.2) is 18.3 Å². The van der Waals surface area contributed by atoms with Gasteiger partial charge in [-0.15, -0.1) is 11.8 Å². The zero-order chi connectivity index (χ0) is 10.6. The van der Waals surface area contributed by atoms with E-state index in [1.807, 2.05) is 12.3 Å². The van der Waals surface area contributed by atoms with Crippen molar-refractivity contribution in [2.24, 2.45) is 0 Å². The molecule has 0 fully saturated rings. The largest absolute Gasteiger partial charge is 0.481 e. The summed E-state index contributed by atoms with van der Waals surface area (Å²) in [6.45, 7) is 4.42. The van der Waals surface area contributed by atoms with Crippen LogP contribution in [0.2, 0.25) is 0 Å². The van der Waals surface area contributed by atoms with E-state index in [1.54, 1.807) is 18.9 Å².